The molecule has 6 rings (SSSR count). The van der Waals surface area contributed by atoms with Crippen LogP contribution < -0.4 is 15.0 Å². The smallest absolute Gasteiger partial charge is 0.159 e. The average molecular weight is 801 g/mol. The monoisotopic (exact) mass is 799 g/mol. The van der Waals surface area contributed by atoms with Crippen LogP contribution in [-0.2, 0) is 38.2 Å². The van der Waals surface area contributed by atoms with Gasteiger partial charge >= 0.3 is 0 Å². The topological polar surface area (TPSA) is 88.2 Å². The summed E-state index contributed by atoms with van der Waals surface area (Å²) in [7, 11) is -1.74. The van der Waals surface area contributed by atoms with E-state index in [9.17, 15) is 13.2 Å². The van der Waals surface area contributed by atoms with E-state index in [1.807, 2.05) is 24.3 Å². The molecule has 0 bridgehead atoms. The predicted octanol–water partition coefficient (Wildman–Crippen LogP) is 7.17. The van der Waals surface area contributed by atoms with Crippen molar-refractivity contribution in [3.63, 3.8) is 0 Å². The largest absolute Gasteiger partial charge is 0.490 e. The highest BCUT2D eigenvalue weighted by molar-refractivity contribution is 7.85. The summed E-state index contributed by atoms with van der Waals surface area (Å²) in [6, 6.07) is 12.3. The molecule has 2 aliphatic carbocycles. The second kappa shape index (κ2) is 18.5. The highest BCUT2D eigenvalue weighted by Gasteiger charge is 2.52. The molecule has 298 valence electrons. The van der Waals surface area contributed by atoms with Crippen LogP contribution in [0.2, 0.25) is 5.02 Å². The number of fused-ring (bicyclic) bond motifs is 3. The predicted molar refractivity (Wildman–Crippen MR) is 224 cm³/mol. The number of carbonyl (C=O) groups is 1. The van der Waals surface area contributed by atoms with Gasteiger partial charge in [0.15, 0.2) is 5.78 Å². The standard InChI is InChI=1S/C43H62ClN3O5S2/c1-6-52-43(19-7-10-31(2)33(4)53(5)49,47-22-9-24-54(50)25-21-45-20-23-47)39-15-12-36(39)28-46-29-42(18-8-11-35-26-37(44)14-16-38(35)42)30-51-41-17-13-34(32(3)48)27-40(41)46/h7,13-14,16-17,19,26-27,31,33,36,39,45H,6,8-12,15,18,20-25,28-30H2,1-5H3/b19-7+/t31?,33?,36-,39+,42-,43+,53?,54?/m0/s1. The van der Waals surface area contributed by atoms with Gasteiger partial charge in [-0.05, 0) is 118 Å². The summed E-state index contributed by atoms with van der Waals surface area (Å²) in [6.45, 7) is 13.9. The number of ether oxygens (including phenoxy) is 2. The number of hydrogen-bond acceptors (Lipinski definition) is 8. The summed E-state index contributed by atoms with van der Waals surface area (Å²) in [5.41, 5.74) is 3.46. The molecular formula is C43H62ClN3O5S2. The van der Waals surface area contributed by atoms with Crippen molar-refractivity contribution in [1.82, 2.24) is 10.2 Å². The summed E-state index contributed by atoms with van der Waals surface area (Å²) in [5, 5.41) is 4.42. The van der Waals surface area contributed by atoms with Gasteiger partial charge in [-0.1, -0.05) is 37.6 Å². The molecule has 8 atom stereocenters. The number of halogens is 1. The first kappa shape index (κ1) is 41.6. The number of carbonyl (C=O) groups excluding carboxylic acids is 1. The van der Waals surface area contributed by atoms with E-state index in [2.05, 4.69) is 60.2 Å². The van der Waals surface area contributed by atoms with E-state index in [0.717, 1.165) is 101 Å². The molecular weight excluding hydrogens is 738 g/mol. The third-order valence-electron chi connectivity index (χ3n) is 12.8. The minimum absolute atomic E-state index is 0.0465. The third kappa shape index (κ3) is 9.21. The molecule has 54 heavy (non-hydrogen) atoms. The Morgan fingerprint density at radius 3 is 2.74 bits per heavy atom. The molecule has 2 aromatic carbocycles. The number of hydrogen-bond donors (Lipinski definition) is 1. The van der Waals surface area contributed by atoms with Crippen LogP contribution in [0.25, 0.3) is 0 Å². The molecule has 8 nitrogen and oxygen atoms in total. The van der Waals surface area contributed by atoms with Crippen molar-refractivity contribution >= 4 is 44.7 Å². The number of ketones is 1. The lowest BCUT2D eigenvalue weighted by molar-refractivity contribution is -0.187. The van der Waals surface area contributed by atoms with E-state index in [-0.39, 0.29) is 28.3 Å². The first-order valence-electron chi connectivity index (χ1n) is 20.2. The third-order valence-corrected chi connectivity index (χ3v) is 15.9. The molecule has 2 aliphatic heterocycles. The van der Waals surface area contributed by atoms with E-state index in [0.29, 0.717) is 36.2 Å². The molecule has 0 aromatic heterocycles. The van der Waals surface area contributed by atoms with Crippen molar-refractivity contribution in [1.29, 1.82) is 0 Å². The quantitative estimate of drug-likeness (QED) is 0.179. The molecule has 1 N–H and O–H groups in total. The van der Waals surface area contributed by atoms with Gasteiger partial charge in [0, 0.05) is 112 Å². The van der Waals surface area contributed by atoms with Crippen LogP contribution in [-0.4, -0.2) is 100 Å². The molecule has 2 aromatic rings. The van der Waals surface area contributed by atoms with Gasteiger partial charge < -0.3 is 19.7 Å². The normalized spacial score (nSPS) is 28.1. The van der Waals surface area contributed by atoms with E-state index >= 15 is 0 Å². The maximum Gasteiger partial charge on any atom is 0.159 e. The average Bonchev–Trinajstić information content (AvgIpc) is 3.28. The highest BCUT2D eigenvalue weighted by atomic mass is 35.5. The van der Waals surface area contributed by atoms with Gasteiger partial charge in [0.2, 0.25) is 0 Å². The van der Waals surface area contributed by atoms with Gasteiger partial charge in [0.25, 0.3) is 0 Å². The van der Waals surface area contributed by atoms with E-state index in [1.54, 1.807) is 13.2 Å². The van der Waals surface area contributed by atoms with Crippen LogP contribution in [0.3, 0.4) is 0 Å². The Kier molecular flexibility index (Phi) is 14.2. The van der Waals surface area contributed by atoms with Crippen molar-refractivity contribution < 1.29 is 22.7 Å². The zero-order valence-electron chi connectivity index (χ0n) is 33.1. The number of benzene rings is 2. The van der Waals surface area contributed by atoms with Crippen LogP contribution in [0.4, 0.5) is 5.69 Å². The molecule has 0 radical (unpaired) electrons. The second-order valence-electron chi connectivity index (χ2n) is 16.2. The summed E-state index contributed by atoms with van der Waals surface area (Å²) in [6.07, 6.45) is 13.3. The summed E-state index contributed by atoms with van der Waals surface area (Å²) in [4.78, 5) is 17.8. The molecule has 1 spiro atoms. The van der Waals surface area contributed by atoms with Gasteiger partial charge in [0.1, 0.15) is 11.5 Å². The molecule has 2 fully saturated rings. The summed E-state index contributed by atoms with van der Waals surface area (Å²) in [5.74, 6) is 3.05. The fraction of sp³-hybridized carbons (Fsp3) is 0.651. The summed E-state index contributed by atoms with van der Waals surface area (Å²) < 4.78 is 39.0. The van der Waals surface area contributed by atoms with E-state index in [1.165, 1.54) is 11.1 Å². The molecule has 0 amide bonds. The lowest BCUT2D eigenvalue weighted by atomic mass is 9.66. The summed E-state index contributed by atoms with van der Waals surface area (Å²) >= 11 is 6.53. The molecule has 1 saturated heterocycles. The minimum Gasteiger partial charge on any atom is -0.490 e. The van der Waals surface area contributed by atoms with Crippen molar-refractivity contribution in [2.45, 2.75) is 89.0 Å². The van der Waals surface area contributed by atoms with Gasteiger partial charge in [0.05, 0.1) is 12.3 Å². The van der Waals surface area contributed by atoms with Crippen LogP contribution in [0, 0.1) is 17.8 Å². The maximum atomic E-state index is 12.8. The van der Waals surface area contributed by atoms with Crippen molar-refractivity contribution in [2.75, 3.05) is 75.1 Å². The molecule has 1 saturated carbocycles. The minimum atomic E-state index is -0.894. The van der Waals surface area contributed by atoms with Crippen LogP contribution >= 0.6 is 11.6 Å². The highest BCUT2D eigenvalue weighted by Crippen LogP contribution is 2.50. The number of nitrogens with one attached hydrogen (secondary N) is 1. The zero-order valence-corrected chi connectivity index (χ0v) is 35.5. The van der Waals surface area contributed by atoms with Crippen LogP contribution in [0.5, 0.6) is 5.75 Å². The Balaban J connectivity index is 1.38. The lowest BCUT2D eigenvalue weighted by Crippen LogP contribution is -2.62. The Morgan fingerprint density at radius 1 is 1.17 bits per heavy atom. The van der Waals surface area contributed by atoms with Gasteiger partial charge in [-0.3, -0.25) is 18.1 Å². The second-order valence-corrected chi connectivity index (χ2v) is 20.1. The van der Waals surface area contributed by atoms with E-state index in [4.69, 9.17) is 21.1 Å². The Hall–Kier alpha value is -2.08. The zero-order chi connectivity index (χ0) is 38.5. The molecule has 4 aliphatic rings. The number of rotatable bonds is 12. The fourth-order valence-corrected chi connectivity index (χ4v) is 11.4. The van der Waals surface area contributed by atoms with Gasteiger partial charge in [-0.25, -0.2) is 0 Å². The van der Waals surface area contributed by atoms with Crippen LogP contribution in [0.1, 0.15) is 87.7 Å². The molecule has 11 heteroatoms. The SMILES string of the molecule is CCO[C@](/C=C/CC(C)C(C)S(C)=O)([C@@H]1CC[C@H]1CN1C[C@@]2(CCCc3cc(Cl)ccc32)COc2ccc(C(C)=O)cc21)N1CCCS(=O)CCNCC1. The molecule has 2 heterocycles. The van der Waals surface area contributed by atoms with Gasteiger partial charge in [-0.2, -0.15) is 0 Å². The number of Topliss-reactive ketones (excluding diaryl/α,β-unsaturated/α-hetero) is 1. The van der Waals surface area contributed by atoms with E-state index < -0.39 is 27.3 Å². The van der Waals surface area contributed by atoms with Crippen molar-refractivity contribution in [3.8, 4) is 5.75 Å². The fourth-order valence-electron chi connectivity index (χ4n) is 9.36. The van der Waals surface area contributed by atoms with Crippen LogP contribution in [0.15, 0.2) is 48.6 Å². The van der Waals surface area contributed by atoms with Crippen molar-refractivity contribution in [2.24, 2.45) is 17.8 Å². The Morgan fingerprint density at radius 2 is 2.00 bits per heavy atom. The number of allylic oxidation sites excluding steroid dienone is 1. The Labute approximate surface area is 334 Å². The number of aryl methyl sites for hydroxylation is 1. The maximum absolute atomic E-state index is 12.8. The Bertz CT molecular complexity index is 1710. The first-order chi connectivity index (χ1) is 26.0. The molecule has 4 unspecified atom stereocenters. The lowest BCUT2D eigenvalue weighted by Gasteiger charge is -2.55. The number of nitrogens with zero attached hydrogens (tertiary/aromatic N) is 2. The van der Waals surface area contributed by atoms with Gasteiger partial charge in [-0.15, -0.1) is 0 Å². The number of anilines is 1. The van der Waals surface area contributed by atoms with Crippen molar-refractivity contribution in [3.05, 3.63) is 70.3 Å². The first-order valence-corrected chi connectivity index (χ1v) is 23.7.